The third-order valence-electron chi connectivity index (χ3n) is 6.52. The summed E-state index contributed by atoms with van der Waals surface area (Å²) in [5.41, 5.74) is 0.709. The first-order chi connectivity index (χ1) is 11.6. The van der Waals surface area contributed by atoms with Crippen LogP contribution in [0, 0.1) is 23.5 Å². The van der Waals surface area contributed by atoms with Gasteiger partial charge in [-0.25, -0.2) is 8.78 Å². The maximum atomic E-state index is 13.8. The average molecular weight is 332 g/mol. The van der Waals surface area contributed by atoms with Gasteiger partial charge in [-0.15, -0.1) is 0 Å². The minimum atomic E-state index is -0.524. The Balaban J connectivity index is 1.54. The summed E-state index contributed by atoms with van der Waals surface area (Å²) in [5.74, 6) is -0.00620. The monoisotopic (exact) mass is 332 g/mol. The zero-order chi connectivity index (χ0) is 16.4. The van der Waals surface area contributed by atoms with Crippen molar-refractivity contribution in [2.45, 2.75) is 43.7 Å². The summed E-state index contributed by atoms with van der Waals surface area (Å²) >= 11 is 0. The largest absolute Gasteiger partial charge is 0.337 e. The molecular weight excluding hydrogens is 310 g/mol. The highest BCUT2D eigenvalue weighted by molar-refractivity contribution is 5.82. The van der Waals surface area contributed by atoms with Crippen LogP contribution >= 0.6 is 0 Å². The Morgan fingerprint density at radius 1 is 0.958 bits per heavy atom. The van der Waals surface area contributed by atoms with Crippen LogP contribution in [0.25, 0.3) is 0 Å². The minimum Gasteiger partial charge on any atom is -0.337 e. The summed E-state index contributed by atoms with van der Waals surface area (Å²) < 4.78 is 27.5. The summed E-state index contributed by atoms with van der Waals surface area (Å²) in [4.78, 5) is 17.3. The molecule has 4 heterocycles. The molecule has 3 atom stereocenters. The van der Waals surface area contributed by atoms with Crippen molar-refractivity contribution in [3.63, 3.8) is 0 Å². The molecule has 1 aromatic carbocycles. The highest BCUT2D eigenvalue weighted by Crippen LogP contribution is 2.48. The Kier molecular flexibility index (Phi) is 3.24. The second-order valence-corrected chi connectivity index (χ2v) is 7.93. The number of halogens is 2. The summed E-state index contributed by atoms with van der Waals surface area (Å²) in [7, 11) is 0. The van der Waals surface area contributed by atoms with Gasteiger partial charge in [0, 0.05) is 30.5 Å². The van der Waals surface area contributed by atoms with Gasteiger partial charge in [-0.05, 0) is 62.4 Å². The van der Waals surface area contributed by atoms with E-state index in [9.17, 15) is 13.6 Å². The number of fused-ring (bicyclic) bond motifs is 2. The van der Waals surface area contributed by atoms with Crippen LogP contribution in [0.15, 0.2) is 18.2 Å². The van der Waals surface area contributed by atoms with Gasteiger partial charge in [0.15, 0.2) is 0 Å². The standard InChI is InChI=1S/C19H22F2N2O/c20-14-7-13(8-15(21)9-14)16-10-23(19(24)12-1-2-12)17-11-3-5-22(6-4-11)18(16)17/h7-9,11-12,16-18H,1-6,10H2/t16-,17+,18+/m0/s1. The lowest BCUT2D eigenvalue weighted by molar-refractivity contribution is -0.137. The summed E-state index contributed by atoms with van der Waals surface area (Å²) in [6.45, 7) is 2.71. The van der Waals surface area contributed by atoms with Crippen LogP contribution in [0.3, 0.4) is 0 Å². The fraction of sp³-hybridized carbons (Fsp3) is 0.632. The number of carbonyl (C=O) groups is 1. The highest BCUT2D eigenvalue weighted by atomic mass is 19.1. The van der Waals surface area contributed by atoms with Crippen molar-refractivity contribution in [1.82, 2.24) is 9.80 Å². The first-order valence-corrected chi connectivity index (χ1v) is 9.12. The van der Waals surface area contributed by atoms with Gasteiger partial charge in [-0.1, -0.05) is 0 Å². The molecule has 5 heteroatoms. The van der Waals surface area contributed by atoms with Gasteiger partial charge < -0.3 is 4.90 Å². The van der Waals surface area contributed by atoms with Gasteiger partial charge in [-0.2, -0.15) is 0 Å². The van der Waals surface area contributed by atoms with E-state index in [0.717, 1.165) is 44.8 Å². The topological polar surface area (TPSA) is 23.6 Å². The lowest BCUT2D eigenvalue weighted by Gasteiger charge is -2.51. The van der Waals surface area contributed by atoms with Crippen molar-refractivity contribution in [2.75, 3.05) is 19.6 Å². The van der Waals surface area contributed by atoms with Gasteiger partial charge in [-0.3, -0.25) is 9.69 Å². The van der Waals surface area contributed by atoms with E-state index in [0.29, 0.717) is 18.0 Å². The van der Waals surface area contributed by atoms with Gasteiger partial charge >= 0.3 is 0 Å². The number of hydrogen-bond donors (Lipinski definition) is 0. The zero-order valence-electron chi connectivity index (χ0n) is 13.6. The molecule has 4 aliphatic heterocycles. The van der Waals surface area contributed by atoms with Gasteiger partial charge in [0.1, 0.15) is 11.6 Å². The molecule has 5 aliphatic rings. The van der Waals surface area contributed by atoms with Crippen molar-refractivity contribution in [2.24, 2.45) is 11.8 Å². The Labute approximate surface area is 140 Å². The molecule has 0 unspecified atom stereocenters. The molecule has 128 valence electrons. The molecule has 0 radical (unpaired) electrons. The second-order valence-electron chi connectivity index (χ2n) is 7.93. The summed E-state index contributed by atoms with van der Waals surface area (Å²) in [6.07, 6.45) is 4.28. The van der Waals surface area contributed by atoms with Crippen LogP contribution in [0.5, 0.6) is 0 Å². The maximum Gasteiger partial charge on any atom is 0.226 e. The molecule has 1 aliphatic carbocycles. The van der Waals surface area contributed by atoms with Crippen molar-refractivity contribution in [1.29, 1.82) is 0 Å². The Bertz CT molecular complexity index is 662. The number of benzene rings is 1. The molecule has 1 saturated carbocycles. The molecule has 4 saturated heterocycles. The van der Waals surface area contributed by atoms with Crippen molar-refractivity contribution >= 4 is 5.91 Å². The number of nitrogens with zero attached hydrogens (tertiary/aromatic N) is 2. The molecule has 6 rings (SSSR count). The first kappa shape index (κ1) is 14.8. The van der Waals surface area contributed by atoms with E-state index < -0.39 is 11.6 Å². The molecule has 2 bridgehead atoms. The fourth-order valence-corrected chi connectivity index (χ4v) is 5.32. The smallest absolute Gasteiger partial charge is 0.226 e. The molecule has 5 fully saturated rings. The van der Waals surface area contributed by atoms with E-state index in [1.54, 1.807) is 0 Å². The van der Waals surface area contributed by atoms with Crippen LogP contribution in [0.2, 0.25) is 0 Å². The predicted molar refractivity (Wildman–Crippen MR) is 85.4 cm³/mol. The number of likely N-dealkylation sites (tertiary alicyclic amines) is 1. The van der Waals surface area contributed by atoms with Crippen molar-refractivity contribution in [3.05, 3.63) is 35.4 Å². The van der Waals surface area contributed by atoms with Crippen molar-refractivity contribution < 1.29 is 13.6 Å². The molecule has 0 N–H and O–H groups in total. The molecule has 1 aromatic rings. The predicted octanol–water partition coefficient (Wildman–Crippen LogP) is 2.76. The second kappa shape index (κ2) is 5.25. The third-order valence-corrected chi connectivity index (χ3v) is 6.52. The summed E-state index contributed by atoms with van der Waals surface area (Å²) in [5, 5.41) is 0. The quantitative estimate of drug-likeness (QED) is 0.831. The molecule has 3 nitrogen and oxygen atoms in total. The highest BCUT2D eigenvalue weighted by Gasteiger charge is 2.55. The fourth-order valence-electron chi connectivity index (χ4n) is 5.32. The number of piperidine rings is 3. The number of hydrogen-bond acceptors (Lipinski definition) is 2. The molecule has 1 amide bonds. The van der Waals surface area contributed by atoms with Crippen LogP contribution in [-0.2, 0) is 4.79 Å². The SMILES string of the molecule is O=C(C1CC1)N1C[C@@H](c2cc(F)cc(F)c2)[C@@H]2[C@H]1C1CCN2CC1. The third kappa shape index (κ3) is 2.20. The van der Waals surface area contributed by atoms with Gasteiger partial charge in [0.2, 0.25) is 5.91 Å². The molecule has 24 heavy (non-hydrogen) atoms. The van der Waals surface area contributed by atoms with Crippen LogP contribution in [0.4, 0.5) is 8.78 Å². The van der Waals surface area contributed by atoms with E-state index in [1.165, 1.54) is 12.1 Å². The maximum absolute atomic E-state index is 13.8. The number of carbonyl (C=O) groups excluding carboxylic acids is 1. The van der Waals surface area contributed by atoms with E-state index in [2.05, 4.69) is 9.80 Å². The van der Waals surface area contributed by atoms with E-state index >= 15 is 0 Å². The van der Waals surface area contributed by atoms with Gasteiger partial charge in [0.25, 0.3) is 0 Å². The zero-order valence-corrected chi connectivity index (χ0v) is 13.6. The van der Waals surface area contributed by atoms with Crippen LogP contribution in [0.1, 0.15) is 37.2 Å². The number of rotatable bonds is 2. The van der Waals surface area contributed by atoms with E-state index in [1.807, 2.05) is 0 Å². The molecule has 0 aromatic heterocycles. The van der Waals surface area contributed by atoms with E-state index in [4.69, 9.17) is 0 Å². The first-order valence-electron chi connectivity index (χ1n) is 9.12. The minimum absolute atomic E-state index is 0.0194. The molecular formula is C19H22F2N2O. The Hall–Kier alpha value is -1.49. The molecule has 0 spiro atoms. The van der Waals surface area contributed by atoms with Gasteiger partial charge in [0.05, 0.1) is 6.04 Å². The van der Waals surface area contributed by atoms with Crippen molar-refractivity contribution in [3.8, 4) is 0 Å². The number of amides is 1. The average Bonchev–Trinajstić information content (AvgIpc) is 3.33. The van der Waals surface area contributed by atoms with Crippen LogP contribution < -0.4 is 0 Å². The van der Waals surface area contributed by atoms with E-state index in [-0.39, 0.29) is 29.8 Å². The lowest BCUT2D eigenvalue weighted by Crippen LogP contribution is -2.60. The lowest BCUT2D eigenvalue weighted by atomic mass is 9.75. The Morgan fingerprint density at radius 3 is 2.25 bits per heavy atom. The normalized spacial score (nSPS) is 37.6. The van der Waals surface area contributed by atoms with Crippen LogP contribution in [-0.4, -0.2) is 47.4 Å². The summed E-state index contributed by atoms with van der Waals surface area (Å²) in [6, 6.07) is 4.30. The Morgan fingerprint density at radius 2 is 1.62 bits per heavy atom.